The van der Waals surface area contributed by atoms with Crippen molar-refractivity contribution < 1.29 is 22.8 Å². The van der Waals surface area contributed by atoms with Crippen molar-refractivity contribution in [3.8, 4) is 0 Å². The summed E-state index contributed by atoms with van der Waals surface area (Å²) in [7, 11) is 0. The fraction of sp³-hybridized carbons (Fsp3) is 0.316. The number of carbonyl (C=O) groups excluding carboxylic acids is 2. The Morgan fingerprint density at radius 1 is 1.23 bits per heavy atom. The van der Waals surface area contributed by atoms with Crippen molar-refractivity contribution in [2.24, 2.45) is 5.73 Å². The SMILES string of the molecule is NC(=O)C(c1nccc(C(F)(F)F)n1)c1nc2ccc(NC(=O)[C@@H]3CCCN3)cc2[nH]1. The van der Waals surface area contributed by atoms with Crippen LogP contribution in [0.5, 0.6) is 0 Å². The molecule has 31 heavy (non-hydrogen) atoms. The predicted molar refractivity (Wildman–Crippen MR) is 104 cm³/mol. The van der Waals surface area contributed by atoms with Crippen LogP contribution in [0.2, 0.25) is 0 Å². The fourth-order valence-corrected chi connectivity index (χ4v) is 3.44. The zero-order chi connectivity index (χ0) is 22.2. The van der Waals surface area contributed by atoms with Gasteiger partial charge in [0.1, 0.15) is 17.3 Å². The largest absolute Gasteiger partial charge is 0.433 e. The number of rotatable bonds is 5. The second kappa shape index (κ2) is 7.95. The highest BCUT2D eigenvalue weighted by molar-refractivity contribution is 5.96. The summed E-state index contributed by atoms with van der Waals surface area (Å²) in [6.07, 6.45) is -2.11. The first-order valence-electron chi connectivity index (χ1n) is 9.46. The molecule has 0 spiro atoms. The minimum absolute atomic E-state index is 0.00256. The minimum atomic E-state index is -4.70. The Morgan fingerprint density at radius 3 is 2.71 bits per heavy atom. The highest BCUT2D eigenvalue weighted by Gasteiger charge is 2.35. The fourth-order valence-electron chi connectivity index (χ4n) is 3.44. The number of alkyl halides is 3. The summed E-state index contributed by atoms with van der Waals surface area (Å²) in [4.78, 5) is 38.7. The van der Waals surface area contributed by atoms with E-state index in [2.05, 4.69) is 30.6 Å². The third-order valence-electron chi connectivity index (χ3n) is 4.93. The molecule has 1 aliphatic heterocycles. The number of halogens is 3. The van der Waals surface area contributed by atoms with Gasteiger partial charge in [-0.2, -0.15) is 13.2 Å². The van der Waals surface area contributed by atoms with Crippen molar-refractivity contribution in [1.82, 2.24) is 25.3 Å². The first-order valence-corrected chi connectivity index (χ1v) is 9.46. The van der Waals surface area contributed by atoms with E-state index in [9.17, 15) is 22.8 Å². The number of amides is 2. The van der Waals surface area contributed by atoms with Gasteiger partial charge in [-0.15, -0.1) is 0 Å². The van der Waals surface area contributed by atoms with Gasteiger partial charge in [0.05, 0.1) is 17.1 Å². The van der Waals surface area contributed by atoms with Gasteiger partial charge in [0.15, 0.2) is 5.92 Å². The third kappa shape index (κ3) is 4.33. The maximum absolute atomic E-state index is 13.0. The van der Waals surface area contributed by atoms with Crippen LogP contribution in [-0.4, -0.2) is 44.3 Å². The van der Waals surface area contributed by atoms with Crippen LogP contribution in [0, 0.1) is 0 Å². The van der Waals surface area contributed by atoms with Gasteiger partial charge in [0.2, 0.25) is 11.8 Å². The molecule has 0 radical (unpaired) electrons. The number of anilines is 1. The monoisotopic (exact) mass is 433 g/mol. The quantitative estimate of drug-likeness (QED) is 0.483. The summed E-state index contributed by atoms with van der Waals surface area (Å²) in [5, 5.41) is 5.90. The number of benzene rings is 1. The number of nitrogens with two attached hydrogens (primary N) is 1. The van der Waals surface area contributed by atoms with Crippen LogP contribution in [0.1, 0.15) is 36.1 Å². The molecular formula is C19H18F3N7O2. The molecule has 2 amide bonds. The van der Waals surface area contributed by atoms with E-state index < -0.39 is 29.5 Å². The van der Waals surface area contributed by atoms with E-state index in [1.54, 1.807) is 18.2 Å². The van der Waals surface area contributed by atoms with E-state index in [4.69, 9.17) is 5.73 Å². The van der Waals surface area contributed by atoms with Gasteiger partial charge in [-0.3, -0.25) is 9.59 Å². The average Bonchev–Trinajstić information content (AvgIpc) is 3.37. The molecule has 9 nitrogen and oxygen atoms in total. The van der Waals surface area contributed by atoms with E-state index in [1.165, 1.54) is 0 Å². The summed E-state index contributed by atoms with van der Waals surface area (Å²) in [5.41, 5.74) is 5.64. The van der Waals surface area contributed by atoms with Crippen LogP contribution in [0.4, 0.5) is 18.9 Å². The summed E-state index contributed by atoms with van der Waals surface area (Å²) < 4.78 is 39.0. The van der Waals surface area contributed by atoms with Crippen molar-refractivity contribution in [2.75, 3.05) is 11.9 Å². The average molecular weight is 433 g/mol. The van der Waals surface area contributed by atoms with Crippen molar-refractivity contribution in [3.05, 3.63) is 47.8 Å². The molecule has 1 saturated heterocycles. The Bertz CT molecular complexity index is 1140. The number of primary amides is 1. The number of fused-ring (bicyclic) bond motifs is 1. The van der Waals surface area contributed by atoms with Crippen LogP contribution < -0.4 is 16.4 Å². The normalized spacial score (nSPS) is 17.6. The lowest BCUT2D eigenvalue weighted by molar-refractivity contribution is -0.141. The lowest BCUT2D eigenvalue weighted by Gasteiger charge is -2.11. The van der Waals surface area contributed by atoms with E-state index in [0.29, 0.717) is 22.8 Å². The first-order chi connectivity index (χ1) is 14.7. The molecular weight excluding hydrogens is 415 g/mol. The molecule has 0 saturated carbocycles. The van der Waals surface area contributed by atoms with Gasteiger partial charge in [-0.05, 0) is 43.7 Å². The Labute approximate surface area is 173 Å². The Kier molecular flexibility index (Phi) is 5.31. The molecule has 1 unspecified atom stereocenters. The number of hydrogen-bond donors (Lipinski definition) is 4. The van der Waals surface area contributed by atoms with E-state index in [-0.39, 0.29) is 17.8 Å². The molecule has 1 fully saturated rings. The minimum Gasteiger partial charge on any atom is -0.369 e. The molecule has 162 valence electrons. The highest BCUT2D eigenvalue weighted by atomic mass is 19.4. The second-order valence-electron chi connectivity index (χ2n) is 7.13. The number of H-pyrrole nitrogens is 1. The molecule has 4 rings (SSSR count). The van der Waals surface area contributed by atoms with Crippen molar-refractivity contribution in [2.45, 2.75) is 31.0 Å². The zero-order valence-corrected chi connectivity index (χ0v) is 16.0. The standard InChI is InChI=1S/C19H18F3N7O2/c20-19(21,22)13-5-7-25-16(29-13)14(15(23)30)17-27-10-4-3-9(8-12(10)28-17)26-18(31)11-2-1-6-24-11/h3-5,7-8,11,14,24H,1-2,6H2,(H2,23,30)(H,26,31)(H,27,28)/t11-,14?/m0/s1. The first kappa shape index (κ1) is 20.7. The second-order valence-corrected chi connectivity index (χ2v) is 7.13. The number of nitrogens with zero attached hydrogens (tertiary/aromatic N) is 3. The summed E-state index contributed by atoms with van der Waals surface area (Å²) >= 11 is 0. The zero-order valence-electron chi connectivity index (χ0n) is 16.0. The molecule has 1 aliphatic rings. The van der Waals surface area contributed by atoms with Gasteiger partial charge in [0.25, 0.3) is 0 Å². The molecule has 0 bridgehead atoms. The van der Waals surface area contributed by atoms with E-state index >= 15 is 0 Å². The number of aromatic nitrogens is 4. The molecule has 5 N–H and O–H groups in total. The predicted octanol–water partition coefficient (Wildman–Crippen LogP) is 1.68. The third-order valence-corrected chi connectivity index (χ3v) is 4.93. The molecule has 2 aromatic heterocycles. The Balaban J connectivity index is 1.64. The van der Waals surface area contributed by atoms with Crippen molar-refractivity contribution in [3.63, 3.8) is 0 Å². The van der Waals surface area contributed by atoms with Crippen molar-refractivity contribution >= 4 is 28.5 Å². The maximum atomic E-state index is 13.0. The smallest absolute Gasteiger partial charge is 0.369 e. The van der Waals surface area contributed by atoms with Crippen LogP contribution in [-0.2, 0) is 15.8 Å². The van der Waals surface area contributed by atoms with Gasteiger partial charge in [0, 0.05) is 11.9 Å². The summed E-state index contributed by atoms with van der Waals surface area (Å²) in [5.74, 6) is -2.94. The Hall–Kier alpha value is -3.54. The number of nitrogens with one attached hydrogen (secondary N) is 3. The number of hydrogen-bond acceptors (Lipinski definition) is 6. The molecule has 12 heteroatoms. The molecule has 0 aliphatic carbocycles. The maximum Gasteiger partial charge on any atom is 0.433 e. The lowest BCUT2D eigenvalue weighted by Crippen LogP contribution is -2.35. The van der Waals surface area contributed by atoms with E-state index in [1.807, 2.05) is 0 Å². The summed E-state index contributed by atoms with van der Waals surface area (Å²) in [6.45, 7) is 0.785. The summed E-state index contributed by atoms with van der Waals surface area (Å²) in [6, 6.07) is 5.31. The van der Waals surface area contributed by atoms with Crippen LogP contribution in [0.25, 0.3) is 11.0 Å². The lowest BCUT2D eigenvalue weighted by atomic mass is 10.1. The van der Waals surface area contributed by atoms with Crippen LogP contribution in [0.3, 0.4) is 0 Å². The van der Waals surface area contributed by atoms with Gasteiger partial charge < -0.3 is 21.4 Å². The Morgan fingerprint density at radius 2 is 2.03 bits per heavy atom. The van der Waals surface area contributed by atoms with Crippen LogP contribution in [0.15, 0.2) is 30.5 Å². The molecule has 3 aromatic rings. The van der Waals surface area contributed by atoms with Gasteiger partial charge in [-0.1, -0.05) is 0 Å². The number of imidazole rings is 1. The topological polar surface area (TPSA) is 139 Å². The van der Waals surface area contributed by atoms with Crippen LogP contribution >= 0.6 is 0 Å². The van der Waals surface area contributed by atoms with Gasteiger partial charge in [-0.25, -0.2) is 15.0 Å². The highest BCUT2D eigenvalue weighted by Crippen LogP contribution is 2.29. The van der Waals surface area contributed by atoms with Gasteiger partial charge >= 0.3 is 6.18 Å². The van der Waals surface area contributed by atoms with Crippen molar-refractivity contribution in [1.29, 1.82) is 0 Å². The molecule has 1 aromatic carbocycles. The van der Waals surface area contributed by atoms with E-state index in [0.717, 1.165) is 25.6 Å². The molecule has 3 heterocycles. The number of carbonyl (C=O) groups is 2. The number of aromatic amines is 1. The molecule has 2 atom stereocenters.